The molecule has 0 N–H and O–H groups in total. The lowest BCUT2D eigenvalue weighted by molar-refractivity contribution is 0.669. The molecule has 0 fully saturated rings. The Morgan fingerprint density at radius 2 is 1.35 bits per heavy atom. The summed E-state index contributed by atoms with van der Waals surface area (Å²) in [6.45, 7) is 7.98. The average Bonchev–Trinajstić information content (AvgIpc) is 3.59. The number of aromatic nitrogens is 4. The molecule has 244 valence electrons. The van der Waals surface area contributed by atoms with E-state index in [-0.39, 0.29) is 0 Å². The van der Waals surface area contributed by atoms with Crippen LogP contribution in [-0.2, 0) is 0 Å². The van der Waals surface area contributed by atoms with Gasteiger partial charge >= 0.3 is 0 Å². The van der Waals surface area contributed by atoms with Crippen molar-refractivity contribution in [1.82, 2.24) is 19.9 Å². The third-order valence-electron chi connectivity index (χ3n) is 9.78. The van der Waals surface area contributed by atoms with Crippen LogP contribution in [0.4, 0.5) is 17.3 Å². The molecule has 52 heavy (non-hydrogen) atoms. The molecular weight excluding hydrogens is 639 g/mol. The number of nitrogens with zero attached hydrogens (tertiary/aromatic N) is 5. The molecule has 0 atom stereocenters. The van der Waals surface area contributed by atoms with E-state index in [4.69, 9.17) is 24.4 Å². The van der Waals surface area contributed by atoms with Crippen molar-refractivity contribution < 1.29 is 4.42 Å². The topological polar surface area (TPSA) is 67.9 Å². The van der Waals surface area contributed by atoms with Crippen molar-refractivity contribution in [3.8, 4) is 33.8 Å². The lowest BCUT2D eigenvalue weighted by Crippen LogP contribution is -2.19. The fourth-order valence-electron chi connectivity index (χ4n) is 7.49. The van der Waals surface area contributed by atoms with Gasteiger partial charge in [0.15, 0.2) is 11.6 Å². The lowest BCUT2D eigenvalue weighted by Gasteiger charge is -2.32. The van der Waals surface area contributed by atoms with Gasteiger partial charge in [0.05, 0.1) is 22.6 Å². The van der Waals surface area contributed by atoms with Gasteiger partial charge in [-0.05, 0) is 52.9 Å². The van der Waals surface area contributed by atoms with Gasteiger partial charge in [0, 0.05) is 38.2 Å². The average molecular weight is 668 g/mol. The van der Waals surface area contributed by atoms with E-state index in [0.29, 0.717) is 17.6 Å². The summed E-state index contributed by atoms with van der Waals surface area (Å²) >= 11 is 0. The second kappa shape index (κ2) is 11.7. The van der Waals surface area contributed by atoms with Crippen LogP contribution in [0.1, 0.15) is 5.82 Å². The predicted octanol–water partition coefficient (Wildman–Crippen LogP) is 12.0. The van der Waals surface area contributed by atoms with E-state index in [1.807, 2.05) is 60.7 Å². The Bertz CT molecular complexity index is 2960. The van der Waals surface area contributed by atoms with Crippen molar-refractivity contribution in [1.29, 1.82) is 0 Å². The van der Waals surface area contributed by atoms with Crippen molar-refractivity contribution in [2.24, 2.45) is 0 Å². The number of hydrogen-bond acceptors (Lipinski definition) is 6. The molecule has 4 heterocycles. The number of para-hydroxylation sites is 2. The van der Waals surface area contributed by atoms with Gasteiger partial charge in [0.1, 0.15) is 11.2 Å². The first-order valence-corrected chi connectivity index (χ1v) is 17.1. The highest BCUT2D eigenvalue weighted by molar-refractivity contribution is 6.20. The molecule has 6 aromatic carbocycles. The Morgan fingerprint density at radius 3 is 2.21 bits per heavy atom. The van der Waals surface area contributed by atoms with Crippen molar-refractivity contribution in [2.75, 3.05) is 4.90 Å². The highest BCUT2D eigenvalue weighted by atomic mass is 16.3. The van der Waals surface area contributed by atoms with Gasteiger partial charge in [-0.15, -0.1) is 0 Å². The third-order valence-corrected chi connectivity index (χ3v) is 9.78. The van der Waals surface area contributed by atoms with E-state index in [1.54, 1.807) is 12.2 Å². The smallest absolute Gasteiger partial charge is 0.238 e. The minimum absolute atomic E-state index is 0.490. The zero-order valence-corrected chi connectivity index (χ0v) is 28.0. The number of fused-ring (bicyclic) bond motifs is 7. The maximum absolute atomic E-state index is 6.29. The first-order valence-electron chi connectivity index (χ1n) is 17.1. The van der Waals surface area contributed by atoms with E-state index < -0.39 is 0 Å². The Labute approximate surface area is 299 Å². The summed E-state index contributed by atoms with van der Waals surface area (Å²) in [6, 6.07) is 45.7. The Balaban J connectivity index is 1.29. The molecular formula is C46H29N5O. The summed E-state index contributed by atoms with van der Waals surface area (Å²) in [7, 11) is 0. The second-order valence-corrected chi connectivity index (χ2v) is 12.7. The number of pyridine rings is 1. The number of hydrogen-bond donors (Lipinski definition) is 0. The van der Waals surface area contributed by atoms with Crippen LogP contribution in [0.25, 0.3) is 83.0 Å². The van der Waals surface area contributed by atoms with Gasteiger partial charge in [-0.2, -0.15) is 9.97 Å². The van der Waals surface area contributed by atoms with E-state index in [1.165, 1.54) is 0 Å². The Morgan fingerprint density at radius 1 is 0.577 bits per heavy atom. The van der Waals surface area contributed by atoms with E-state index in [0.717, 1.165) is 88.5 Å². The molecule has 0 spiro atoms. The maximum Gasteiger partial charge on any atom is 0.238 e. The first-order chi connectivity index (χ1) is 25.7. The van der Waals surface area contributed by atoms with Crippen LogP contribution in [0, 0.1) is 0 Å². The molecule has 0 amide bonds. The molecule has 0 saturated carbocycles. The van der Waals surface area contributed by atoms with Crippen LogP contribution in [-0.4, -0.2) is 19.9 Å². The van der Waals surface area contributed by atoms with Gasteiger partial charge in [-0.3, -0.25) is 4.90 Å². The zero-order chi connectivity index (χ0) is 34.8. The minimum atomic E-state index is 0.490. The quantitative estimate of drug-likeness (QED) is 0.130. The van der Waals surface area contributed by atoms with Crippen LogP contribution < -0.4 is 4.90 Å². The van der Waals surface area contributed by atoms with Crippen molar-refractivity contribution >= 4 is 66.5 Å². The molecule has 0 bridgehead atoms. The molecule has 6 nitrogen and oxygen atoms in total. The Kier molecular flexibility index (Phi) is 6.69. The SMILES string of the molecule is C=C/C=C(\C=C)c1nc(-c2ccccc2)nc(N2c3ccc(-c4cccc5oc6ccccc6c45)cc3-c3nc4ccccc4c4cccc2c34)n1. The second-order valence-electron chi connectivity index (χ2n) is 12.7. The maximum atomic E-state index is 6.29. The van der Waals surface area contributed by atoms with Crippen LogP contribution in [0.5, 0.6) is 0 Å². The summed E-state index contributed by atoms with van der Waals surface area (Å²) in [6.07, 6.45) is 5.33. The molecule has 1 aliphatic rings. The minimum Gasteiger partial charge on any atom is -0.456 e. The number of benzene rings is 6. The van der Waals surface area contributed by atoms with E-state index >= 15 is 0 Å². The standard InChI is InChI=1S/C46H29N5O/c1-3-14-28(4-2)44-48-45(29-15-6-5-7-16-29)50-46(49-44)51-37-26-25-30(31-19-13-24-40-41(31)34-18-9-11-23-39(34)52-40)27-35(37)43-42-33(20-12-22-38(42)51)32-17-8-10-21-36(32)47-43/h3-27H,1-2H2/b28-14+. The van der Waals surface area contributed by atoms with Crippen molar-refractivity contribution in [3.05, 3.63) is 171 Å². The Hall–Kier alpha value is -7.18. The molecule has 1 aliphatic heterocycles. The summed E-state index contributed by atoms with van der Waals surface area (Å²) in [4.78, 5) is 22.7. The summed E-state index contributed by atoms with van der Waals surface area (Å²) in [5, 5.41) is 5.40. The first kappa shape index (κ1) is 29.7. The fourth-order valence-corrected chi connectivity index (χ4v) is 7.49. The largest absolute Gasteiger partial charge is 0.456 e. The van der Waals surface area contributed by atoms with Crippen molar-refractivity contribution in [2.45, 2.75) is 0 Å². The zero-order valence-electron chi connectivity index (χ0n) is 28.0. The molecule has 0 radical (unpaired) electrons. The van der Waals surface area contributed by atoms with Gasteiger partial charge < -0.3 is 4.42 Å². The van der Waals surface area contributed by atoms with Crippen LogP contribution in [0.15, 0.2) is 169 Å². The van der Waals surface area contributed by atoms with Gasteiger partial charge in [0.2, 0.25) is 5.95 Å². The van der Waals surface area contributed by atoms with Gasteiger partial charge in [-0.1, -0.05) is 128 Å². The fraction of sp³-hybridized carbons (Fsp3) is 0. The molecule has 10 rings (SSSR count). The number of allylic oxidation sites excluding steroid dienone is 4. The molecule has 6 heteroatoms. The van der Waals surface area contributed by atoms with Crippen LogP contribution in [0.2, 0.25) is 0 Å². The molecule has 9 aromatic rings. The summed E-state index contributed by atoms with van der Waals surface area (Å²) < 4.78 is 6.29. The van der Waals surface area contributed by atoms with Gasteiger partial charge in [0.25, 0.3) is 0 Å². The van der Waals surface area contributed by atoms with Crippen molar-refractivity contribution in [3.63, 3.8) is 0 Å². The van der Waals surface area contributed by atoms with Crippen LogP contribution >= 0.6 is 0 Å². The lowest BCUT2D eigenvalue weighted by atomic mass is 9.90. The number of furan rings is 1. The summed E-state index contributed by atoms with van der Waals surface area (Å²) in [5.41, 5.74) is 10.2. The normalized spacial score (nSPS) is 12.5. The highest BCUT2D eigenvalue weighted by Crippen LogP contribution is 2.52. The molecule has 0 saturated heterocycles. The third kappa shape index (κ3) is 4.51. The molecule has 3 aromatic heterocycles. The van der Waals surface area contributed by atoms with Crippen LogP contribution in [0.3, 0.4) is 0 Å². The monoisotopic (exact) mass is 667 g/mol. The highest BCUT2D eigenvalue weighted by Gasteiger charge is 2.31. The predicted molar refractivity (Wildman–Crippen MR) is 213 cm³/mol. The van der Waals surface area contributed by atoms with E-state index in [9.17, 15) is 0 Å². The summed E-state index contributed by atoms with van der Waals surface area (Å²) in [5.74, 6) is 1.55. The number of rotatable bonds is 6. The van der Waals surface area contributed by atoms with E-state index in [2.05, 4.69) is 96.9 Å². The number of anilines is 3. The molecule has 0 aliphatic carbocycles. The molecule has 0 unspecified atom stereocenters. The van der Waals surface area contributed by atoms with Gasteiger partial charge in [-0.25, -0.2) is 9.97 Å².